The molecular weight excluding hydrogens is 180 g/mol. The summed E-state index contributed by atoms with van der Waals surface area (Å²) in [6.45, 7) is 5.69. The van der Waals surface area contributed by atoms with Gasteiger partial charge in [0.25, 0.3) is 0 Å². The molecule has 1 rings (SSSR count). The van der Waals surface area contributed by atoms with Gasteiger partial charge in [0.1, 0.15) is 11.3 Å². The van der Waals surface area contributed by atoms with Crippen LogP contribution in [-0.2, 0) is 4.74 Å². The summed E-state index contributed by atoms with van der Waals surface area (Å²) >= 11 is 0. The van der Waals surface area contributed by atoms with E-state index in [2.05, 4.69) is 11.3 Å². The molecule has 1 aromatic rings. The third-order valence-corrected chi connectivity index (χ3v) is 1.60. The maximum atomic E-state index is 11.4. The molecule has 0 fully saturated rings. The Morgan fingerprint density at radius 1 is 1.50 bits per heavy atom. The lowest BCUT2D eigenvalue weighted by molar-refractivity contribution is 0.0660. The fourth-order valence-corrected chi connectivity index (χ4v) is 1.06. The van der Waals surface area contributed by atoms with Crippen molar-refractivity contribution in [3.8, 4) is 5.75 Å². The highest BCUT2D eigenvalue weighted by Gasteiger charge is 2.11. The van der Waals surface area contributed by atoms with Gasteiger partial charge in [0, 0.05) is 0 Å². The Kier molecular flexibility index (Phi) is 3.73. The van der Waals surface area contributed by atoms with Crippen LogP contribution in [-0.4, -0.2) is 12.6 Å². The summed E-state index contributed by atoms with van der Waals surface area (Å²) in [5.41, 5.74) is 0.411. The number of esters is 1. The number of para-hydroxylation sites is 1. The Morgan fingerprint density at radius 2 is 2.21 bits per heavy atom. The van der Waals surface area contributed by atoms with Crippen LogP contribution >= 0.6 is 0 Å². The van der Waals surface area contributed by atoms with E-state index in [1.165, 1.54) is 0 Å². The van der Waals surface area contributed by atoms with E-state index in [-0.39, 0.29) is 0 Å². The predicted octanol–water partition coefficient (Wildman–Crippen LogP) is 2.39. The van der Waals surface area contributed by atoms with Crippen molar-refractivity contribution < 1.29 is 14.3 Å². The lowest BCUT2D eigenvalue weighted by Crippen LogP contribution is -2.04. The second-order valence-electron chi connectivity index (χ2n) is 2.50. The summed E-state index contributed by atoms with van der Waals surface area (Å²) in [5.74, 6) is 0.0749. The first kappa shape index (κ1) is 10.3. The molecule has 3 nitrogen and oxygen atoms in total. The molecule has 0 radical (unpaired) electrons. The quantitative estimate of drug-likeness (QED) is 0.542. The first-order chi connectivity index (χ1) is 6.79. The van der Waals surface area contributed by atoms with Crippen LogP contribution in [0.3, 0.4) is 0 Å². The standard InChI is InChI=1S/C11H12O3/c1-3-13-10-8-6-5-7-9(10)11(12)14-4-2/h4-8H,2-3H2,1H3. The SMILES string of the molecule is C=COC(=O)c1ccccc1OCC. The normalized spacial score (nSPS) is 9.21. The van der Waals surface area contributed by atoms with Crippen LogP contribution in [0, 0.1) is 0 Å². The van der Waals surface area contributed by atoms with Crippen molar-refractivity contribution in [3.05, 3.63) is 42.7 Å². The van der Waals surface area contributed by atoms with E-state index in [0.717, 1.165) is 6.26 Å². The van der Waals surface area contributed by atoms with Crippen LogP contribution in [0.1, 0.15) is 17.3 Å². The number of benzene rings is 1. The number of ether oxygens (including phenoxy) is 2. The van der Waals surface area contributed by atoms with E-state index >= 15 is 0 Å². The van der Waals surface area contributed by atoms with Crippen molar-refractivity contribution >= 4 is 5.97 Å². The molecule has 74 valence electrons. The van der Waals surface area contributed by atoms with E-state index in [0.29, 0.717) is 17.9 Å². The molecule has 0 saturated heterocycles. The van der Waals surface area contributed by atoms with E-state index in [1.807, 2.05) is 6.92 Å². The highest BCUT2D eigenvalue weighted by Crippen LogP contribution is 2.18. The molecule has 3 heteroatoms. The largest absolute Gasteiger partial charge is 0.493 e. The molecule has 0 unspecified atom stereocenters. The fraction of sp³-hybridized carbons (Fsp3) is 0.182. The highest BCUT2D eigenvalue weighted by molar-refractivity contribution is 5.92. The van der Waals surface area contributed by atoms with Crippen LogP contribution < -0.4 is 4.74 Å². The first-order valence-corrected chi connectivity index (χ1v) is 4.33. The average molecular weight is 192 g/mol. The third-order valence-electron chi connectivity index (χ3n) is 1.60. The van der Waals surface area contributed by atoms with E-state index in [4.69, 9.17) is 4.74 Å². The summed E-state index contributed by atoms with van der Waals surface area (Å²) < 4.78 is 9.93. The summed E-state index contributed by atoms with van der Waals surface area (Å²) in [4.78, 5) is 11.4. The number of rotatable bonds is 4. The monoisotopic (exact) mass is 192 g/mol. The Morgan fingerprint density at radius 3 is 2.86 bits per heavy atom. The molecule has 0 N–H and O–H groups in total. The van der Waals surface area contributed by atoms with Gasteiger partial charge in [-0.2, -0.15) is 0 Å². The Bertz CT molecular complexity index is 331. The zero-order valence-electron chi connectivity index (χ0n) is 8.03. The van der Waals surface area contributed by atoms with Gasteiger partial charge in [0.2, 0.25) is 0 Å². The molecule has 0 aliphatic heterocycles. The molecule has 1 aromatic carbocycles. The number of hydrogen-bond acceptors (Lipinski definition) is 3. The van der Waals surface area contributed by atoms with Crippen LogP contribution in [0.15, 0.2) is 37.1 Å². The topological polar surface area (TPSA) is 35.5 Å². The maximum absolute atomic E-state index is 11.4. The molecule has 0 heterocycles. The number of carbonyl (C=O) groups excluding carboxylic acids is 1. The summed E-state index contributed by atoms with van der Waals surface area (Å²) in [5, 5.41) is 0. The van der Waals surface area contributed by atoms with Crippen molar-refractivity contribution in [2.45, 2.75) is 6.92 Å². The van der Waals surface area contributed by atoms with Gasteiger partial charge >= 0.3 is 5.97 Å². The van der Waals surface area contributed by atoms with Crippen molar-refractivity contribution in [1.82, 2.24) is 0 Å². The molecule has 0 bridgehead atoms. The lowest BCUT2D eigenvalue weighted by Gasteiger charge is -2.07. The van der Waals surface area contributed by atoms with E-state index in [1.54, 1.807) is 24.3 Å². The molecule has 0 aromatic heterocycles. The molecule has 0 spiro atoms. The number of carbonyl (C=O) groups is 1. The molecule has 0 saturated carbocycles. The van der Waals surface area contributed by atoms with Crippen molar-refractivity contribution in [3.63, 3.8) is 0 Å². The van der Waals surface area contributed by atoms with Gasteiger partial charge < -0.3 is 9.47 Å². The molecule has 0 aliphatic rings. The van der Waals surface area contributed by atoms with Crippen LogP contribution in [0.2, 0.25) is 0 Å². The molecule has 0 atom stereocenters. The van der Waals surface area contributed by atoms with E-state index in [9.17, 15) is 4.79 Å². The molecule has 0 aliphatic carbocycles. The van der Waals surface area contributed by atoms with Gasteiger partial charge in [0.05, 0.1) is 12.9 Å². The van der Waals surface area contributed by atoms with Gasteiger partial charge in [-0.3, -0.25) is 0 Å². The van der Waals surface area contributed by atoms with Gasteiger partial charge in [-0.05, 0) is 19.1 Å². The van der Waals surface area contributed by atoms with Crippen molar-refractivity contribution in [2.75, 3.05) is 6.61 Å². The van der Waals surface area contributed by atoms with Crippen LogP contribution in [0.4, 0.5) is 0 Å². The zero-order valence-corrected chi connectivity index (χ0v) is 8.03. The Balaban J connectivity index is 2.93. The maximum Gasteiger partial charge on any atom is 0.346 e. The Hall–Kier alpha value is -1.77. The van der Waals surface area contributed by atoms with Crippen molar-refractivity contribution in [1.29, 1.82) is 0 Å². The number of hydrogen-bond donors (Lipinski definition) is 0. The fourth-order valence-electron chi connectivity index (χ4n) is 1.06. The highest BCUT2D eigenvalue weighted by atomic mass is 16.5. The van der Waals surface area contributed by atoms with Gasteiger partial charge in [-0.1, -0.05) is 18.7 Å². The van der Waals surface area contributed by atoms with Crippen LogP contribution in [0.5, 0.6) is 5.75 Å². The summed E-state index contributed by atoms with van der Waals surface area (Å²) in [7, 11) is 0. The second kappa shape index (κ2) is 5.07. The zero-order chi connectivity index (χ0) is 10.4. The van der Waals surface area contributed by atoms with Gasteiger partial charge in [-0.25, -0.2) is 4.79 Å². The van der Waals surface area contributed by atoms with E-state index < -0.39 is 5.97 Å². The molecular formula is C11H12O3. The van der Waals surface area contributed by atoms with Crippen molar-refractivity contribution in [2.24, 2.45) is 0 Å². The third kappa shape index (κ3) is 2.36. The van der Waals surface area contributed by atoms with Crippen LogP contribution in [0.25, 0.3) is 0 Å². The van der Waals surface area contributed by atoms with Gasteiger partial charge in [0.15, 0.2) is 0 Å². The minimum Gasteiger partial charge on any atom is -0.493 e. The summed E-state index contributed by atoms with van der Waals surface area (Å²) in [6.07, 6.45) is 1.10. The minimum atomic E-state index is -0.455. The summed E-state index contributed by atoms with van der Waals surface area (Å²) in [6, 6.07) is 6.93. The first-order valence-electron chi connectivity index (χ1n) is 4.33. The molecule has 0 amide bonds. The Labute approximate surface area is 83.0 Å². The minimum absolute atomic E-state index is 0.411. The lowest BCUT2D eigenvalue weighted by atomic mass is 10.2. The molecule has 14 heavy (non-hydrogen) atoms. The van der Waals surface area contributed by atoms with Gasteiger partial charge in [-0.15, -0.1) is 0 Å². The average Bonchev–Trinajstić information content (AvgIpc) is 2.19. The smallest absolute Gasteiger partial charge is 0.346 e. The second-order valence-corrected chi connectivity index (χ2v) is 2.50. The predicted molar refractivity (Wildman–Crippen MR) is 53.2 cm³/mol.